The molecule has 0 amide bonds. The molecule has 1 unspecified atom stereocenters. The quantitative estimate of drug-likeness (QED) is 0.851. The van der Waals surface area contributed by atoms with Crippen LogP contribution in [0, 0.1) is 0 Å². The summed E-state index contributed by atoms with van der Waals surface area (Å²) in [5.41, 5.74) is 9.24. The van der Waals surface area contributed by atoms with Gasteiger partial charge in [0.05, 0.1) is 0 Å². The van der Waals surface area contributed by atoms with Crippen molar-refractivity contribution in [3.63, 3.8) is 0 Å². The summed E-state index contributed by atoms with van der Waals surface area (Å²) in [5.74, 6) is 1.27. The van der Waals surface area contributed by atoms with Gasteiger partial charge in [-0.05, 0) is 30.9 Å². The summed E-state index contributed by atoms with van der Waals surface area (Å²) in [6.07, 6.45) is 4.09. The number of nitrogens with two attached hydrogens (primary N) is 1. The average molecular weight is 225 g/mol. The molecule has 0 aliphatic heterocycles. The Morgan fingerprint density at radius 2 is 2.06 bits per heavy atom. The van der Waals surface area contributed by atoms with Gasteiger partial charge in [0.2, 0.25) is 0 Å². The van der Waals surface area contributed by atoms with Gasteiger partial charge >= 0.3 is 0 Å². The Bertz CT molecular complexity index is 522. The fourth-order valence-electron chi connectivity index (χ4n) is 2.41. The molecule has 0 bridgehead atoms. The Morgan fingerprint density at radius 1 is 1.24 bits per heavy atom. The van der Waals surface area contributed by atoms with Crippen molar-refractivity contribution >= 4 is 0 Å². The lowest BCUT2D eigenvalue weighted by atomic mass is 10.1. The summed E-state index contributed by atoms with van der Waals surface area (Å²) in [5, 5.41) is 0. The Kier molecular flexibility index (Phi) is 2.61. The van der Waals surface area contributed by atoms with E-state index in [1.165, 1.54) is 11.3 Å². The lowest BCUT2D eigenvalue weighted by Crippen LogP contribution is -2.09. The van der Waals surface area contributed by atoms with Crippen molar-refractivity contribution < 1.29 is 0 Å². The molecule has 2 N–H and O–H groups in total. The van der Waals surface area contributed by atoms with Gasteiger partial charge < -0.3 is 5.73 Å². The minimum atomic E-state index is 0.454. The van der Waals surface area contributed by atoms with Crippen molar-refractivity contribution in [3.8, 4) is 11.4 Å². The molecular formula is C14H15N3. The molecule has 17 heavy (non-hydrogen) atoms. The van der Waals surface area contributed by atoms with Crippen molar-refractivity contribution in [1.82, 2.24) is 9.97 Å². The molecule has 1 aliphatic carbocycles. The minimum absolute atomic E-state index is 0.454. The largest absolute Gasteiger partial charge is 0.330 e. The van der Waals surface area contributed by atoms with Gasteiger partial charge in [-0.2, -0.15) is 0 Å². The van der Waals surface area contributed by atoms with E-state index in [-0.39, 0.29) is 0 Å². The van der Waals surface area contributed by atoms with Crippen LogP contribution in [0.2, 0.25) is 0 Å². The second-order valence-corrected chi connectivity index (χ2v) is 4.43. The summed E-state index contributed by atoms with van der Waals surface area (Å²) in [7, 11) is 0. The van der Waals surface area contributed by atoms with Crippen LogP contribution in [0.25, 0.3) is 11.4 Å². The van der Waals surface area contributed by atoms with E-state index in [0.29, 0.717) is 12.5 Å². The van der Waals surface area contributed by atoms with E-state index in [1.807, 2.05) is 36.5 Å². The first-order valence-corrected chi connectivity index (χ1v) is 6.00. The molecule has 0 saturated heterocycles. The van der Waals surface area contributed by atoms with Crippen molar-refractivity contribution in [2.45, 2.75) is 18.8 Å². The summed E-state index contributed by atoms with van der Waals surface area (Å²) >= 11 is 0. The molecule has 3 heteroatoms. The zero-order valence-electron chi connectivity index (χ0n) is 9.63. The number of fused-ring (bicyclic) bond motifs is 1. The monoisotopic (exact) mass is 225 g/mol. The van der Waals surface area contributed by atoms with Gasteiger partial charge in [0.15, 0.2) is 5.82 Å². The van der Waals surface area contributed by atoms with Crippen LogP contribution in [0.3, 0.4) is 0 Å². The van der Waals surface area contributed by atoms with Gasteiger partial charge in [-0.1, -0.05) is 30.3 Å². The highest BCUT2D eigenvalue weighted by molar-refractivity contribution is 5.55. The van der Waals surface area contributed by atoms with E-state index in [0.717, 1.165) is 24.2 Å². The maximum atomic E-state index is 5.74. The normalized spacial score (nSPS) is 18.1. The first-order valence-electron chi connectivity index (χ1n) is 6.00. The topological polar surface area (TPSA) is 51.8 Å². The SMILES string of the molecule is NCC1CCc2nc(-c3ccccc3)ncc21. The summed E-state index contributed by atoms with van der Waals surface area (Å²) in [4.78, 5) is 9.11. The Hall–Kier alpha value is -1.74. The zero-order valence-corrected chi connectivity index (χ0v) is 9.63. The average Bonchev–Trinajstić information content (AvgIpc) is 2.81. The number of benzene rings is 1. The van der Waals surface area contributed by atoms with E-state index in [2.05, 4.69) is 9.97 Å². The van der Waals surface area contributed by atoms with Gasteiger partial charge in [0.25, 0.3) is 0 Å². The number of aryl methyl sites for hydroxylation is 1. The maximum Gasteiger partial charge on any atom is 0.159 e. The number of nitrogens with zero attached hydrogens (tertiary/aromatic N) is 2. The van der Waals surface area contributed by atoms with Crippen LogP contribution in [0.15, 0.2) is 36.5 Å². The first-order chi connectivity index (χ1) is 8.38. The van der Waals surface area contributed by atoms with E-state index >= 15 is 0 Å². The first kappa shape index (κ1) is 10.4. The molecular weight excluding hydrogens is 210 g/mol. The highest BCUT2D eigenvalue weighted by Crippen LogP contribution is 2.31. The van der Waals surface area contributed by atoms with Crippen LogP contribution in [-0.2, 0) is 6.42 Å². The third kappa shape index (κ3) is 1.83. The number of hydrogen-bond donors (Lipinski definition) is 1. The fraction of sp³-hybridized carbons (Fsp3) is 0.286. The van der Waals surface area contributed by atoms with Crippen LogP contribution in [0.4, 0.5) is 0 Å². The molecule has 1 atom stereocenters. The van der Waals surface area contributed by atoms with Crippen molar-refractivity contribution in [1.29, 1.82) is 0 Å². The van der Waals surface area contributed by atoms with Crippen LogP contribution in [0.1, 0.15) is 23.6 Å². The summed E-state index contributed by atoms with van der Waals surface area (Å²) in [6.45, 7) is 0.695. The van der Waals surface area contributed by atoms with E-state index in [4.69, 9.17) is 5.73 Å². The molecule has 3 rings (SSSR count). The lowest BCUT2D eigenvalue weighted by molar-refractivity contribution is 0.686. The van der Waals surface area contributed by atoms with Gasteiger partial charge in [-0.25, -0.2) is 9.97 Å². The summed E-state index contributed by atoms with van der Waals surface area (Å²) < 4.78 is 0. The molecule has 0 spiro atoms. The molecule has 1 aromatic heterocycles. The van der Waals surface area contributed by atoms with Crippen LogP contribution in [-0.4, -0.2) is 16.5 Å². The zero-order chi connectivity index (χ0) is 11.7. The third-order valence-corrected chi connectivity index (χ3v) is 3.39. The lowest BCUT2D eigenvalue weighted by Gasteiger charge is -2.07. The Labute approximate surface area is 101 Å². The molecule has 1 heterocycles. The van der Waals surface area contributed by atoms with Gasteiger partial charge in [-0.3, -0.25) is 0 Å². The fourth-order valence-corrected chi connectivity index (χ4v) is 2.41. The molecule has 1 aromatic carbocycles. The van der Waals surface area contributed by atoms with E-state index in [9.17, 15) is 0 Å². The maximum absolute atomic E-state index is 5.74. The van der Waals surface area contributed by atoms with Crippen molar-refractivity contribution in [3.05, 3.63) is 47.8 Å². The highest BCUT2D eigenvalue weighted by Gasteiger charge is 2.23. The number of aromatic nitrogens is 2. The number of hydrogen-bond acceptors (Lipinski definition) is 3. The Morgan fingerprint density at radius 3 is 2.82 bits per heavy atom. The predicted molar refractivity (Wildman–Crippen MR) is 67.6 cm³/mol. The van der Waals surface area contributed by atoms with Gasteiger partial charge in [-0.15, -0.1) is 0 Å². The molecule has 86 valence electrons. The van der Waals surface area contributed by atoms with Crippen molar-refractivity contribution in [2.24, 2.45) is 5.73 Å². The van der Waals surface area contributed by atoms with Gasteiger partial charge in [0.1, 0.15) is 0 Å². The third-order valence-electron chi connectivity index (χ3n) is 3.39. The van der Waals surface area contributed by atoms with Crippen LogP contribution < -0.4 is 5.73 Å². The highest BCUT2D eigenvalue weighted by atomic mass is 14.9. The van der Waals surface area contributed by atoms with Crippen molar-refractivity contribution in [2.75, 3.05) is 6.54 Å². The van der Waals surface area contributed by atoms with Gasteiger partial charge in [0, 0.05) is 17.5 Å². The predicted octanol–water partition coefficient (Wildman–Crippen LogP) is 2.13. The number of rotatable bonds is 2. The minimum Gasteiger partial charge on any atom is -0.330 e. The molecule has 0 fully saturated rings. The van der Waals surface area contributed by atoms with Crippen LogP contribution >= 0.6 is 0 Å². The molecule has 0 radical (unpaired) electrons. The van der Waals surface area contributed by atoms with Crippen LogP contribution in [0.5, 0.6) is 0 Å². The molecule has 1 aliphatic rings. The Balaban J connectivity index is 2.01. The standard InChI is InChI=1S/C14H15N3/c15-8-11-6-7-13-12(11)9-16-14(17-13)10-4-2-1-3-5-10/h1-5,9,11H,6-8,15H2. The molecule has 3 nitrogen and oxygen atoms in total. The molecule has 2 aromatic rings. The second kappa shape index (κ2) is 4.26. The molecule has 0 saturated carbocycles. The summed E-state index contributed by atoms with van der Waals surface area (Å²) in [6, 6.07) is 10.1. The van der Waals surface area contributed by atoms with E-state index in [1.54, 1.807) is 0 Å². The smallest absolute Gasteiger partial charge is 0.159 e. The van der Waals surface area contributed by atoms with E-state index < -0.39 is 0 Å². The second-order valence-electron chi connectivity index (χ2n) is 4.43.